The van der Waals surface area contributed by atoms with E-state index in [1.807, 2.05) is 0 Å². The summed E-state index contributed by atoms with van der Waals surface area (Å²) in [6.45, 7) is -0.334. The van der Waals surface area contributed by atoms with Gasteiger partial charge in [0.05, 0.1) is 10.6 Å². The van der Waals surface area contributed by atoms with Gasteiger partial charge in [-0.25, -0.2) is 4.98 Å². The normalized spacial score (nSPS) is 15.3. The summed E-state index contributed by atoms with van der Waals surface area (Å²) in [5, 5.41) is 9.32. The molecule has 1 heterocycles. The fraction of sp³-hybridized carbons (Fsp3) is 0.462. The molecular weight excluding hydrogens is 303 g/mol. The van der Waals surface area contributed by atoms with Crippen LogP contribution in [0.1, 0.15) is 36.0 Å². The van der Waals surface area contributed by atoms with Gasteiger partial charge in [0, 0.05) is 12.2 Å². The van der Waals surface area contributed by atoms with E-state index in [-0.39, 0.29) is 28.3 Å². The topological polar surface area (TPSA) is 70.5 Å². The smallest absolute Gasteiger partial charge is 0.323 e. The van der Waals surface area contributed by atoms with Gasteiger partial charge in [-0.05, 0) is 18.9 Å². The standard InChI is InChI=1S/C13H14Cl2N2O3/c14-10-6-16-11(15)5-9(10)13(20)17(7-12(18)19)8-3-1-2-4-8/h5-6,8H,1-4,7H2,(H,18,19). The number of nitrogens with zero attached hydrogens (tertiary/aromatic N) is 2. The number of carboxylic acids is 1. The summed E-state index contributed by atoms with van der Waals surface area (Å²) in [6.07, 6.45) is 4.92. The van der Waals surface area contributed by atoms with Gasteiger partial charge in [-0.1, -0.05) is 36.0 Å². The van der Waals surface area contributed by atoms with E-state index >= 15 is 0 Å². The number of halogens is 2. The van der Waals surface area contributed by atoms with Crippen LogP contribution in [0.4, 0.5) is 0 Å². The second kappa shape index (κ2) is 6.41. The van der Waals surface area contributed by atoms with Gasteiger partial charge in [0.1, 0.15) is 11.7 Å². The molecule has 0 unspecified atom stereocenters. The lowest BCUT2D eigenvalue weighted by Crippen LogP contribution is -2.42. The average Bonchev–Trinajstić information content (AvgIpc) is 2.91. The van der Waals surface area contributed by atoms with E-state index in [0.717, 1.165) is 25.7 Å². The Morgan fingerprint density at radius 3 is 2.60 bits per heavy atom. The molecule has 1 aliphatic carbocycles. The highest BCUT2D eigenvalue weighted by molar-refractivity contribution is 6.35. The Morgan fingerprint density at radius 1 is 1.35 bits per heavy atom. The van der Waals surface area contributed by atoms with Crippen molar-refractivity contribution in [2.75, 3.05) is 6.54 Å². The summed E-state index contributed by atoms with van der Waals surface area (Å²) in [5.74, 6) is -1.45. The summed E-state index contributed by atoms with van der Waals surface area (Å²) in [6, 6.07) is 1.32. The molecule has 1 aliphatic rings. The van der Waals surface area contributed by atoms with E-state index in [4.69, 9.17) is 28.3 Å². The predicted octanol–water partition coefficient (Wildman–Crippen LogP) is 2.86. The number of carbonyl (C=O) groups excluding carboxylic acids is 1. The Bertz CT molecular complexity index is 530. The molecule has 0 aliphatic heterocycles. The van der Waals surface area contributed by atoms with Gasteiger partial charge in [0.15, 0.2) is 0 Å². The average molecular weight is 317 g/mol. The van der Waals surface area contributed by atoms with E-state index in [1.54, 1.807) is 0 Å². The van der Waals surface area contributed by atoms with Crippen molar-refractivity contribution < 1.29 is 14.7 Å². The van der Waals surface area contributed by atoms with Crippen molar-refractivity contribution in [2.24, 2.45) is 0 Å². The van der Waals surface area contributed by atoms with E-state index in [2.05, 4.69) is 4.98 Å². The van der Waals surface area contributed by atoms with Crippen LogP contribution >= 0.6 is 23.2 Å². The van der Waals surface area contributed by atoms with Gasteiger partial charge < -0.3 is 10.0 Å². The van der Waals surface area contributed by atoms with Crippen LogP contribution in [0.2, 0.25) is 10.2 Å². The third-order valence-electron chi connectivity index (χ3n) is 3.38. The van der Waals surface area contributed by atoms with Crippen molar-refractivity contribution in [1.82, 2.24) is 9.88 Å². The number of rotatable bonds is 4. The third kappa shape index (κ3) is 3.41. The molecule has 5 nitrogen and oxygen atoms in total. The molecule has 1 aromatic rings. The number of amides is 1. The maximum absolute atomic E-state index is 12.5. The number of hydrogen-bond acceptors (Lipinski definition) is 3. The van der Waals surface area contributed by atoms with E-state index in [1.165, 1.54) is 17.2 Å². The largest absolute Gasteiger partial charge is 0.480 e. The Morgan fingerprint density at radius 2 is 2.00 bits per heavy atom. The quantitative estimate of drug-likeness (QED) is 0.867. The molecule has 2 rings (SSSR count). The van der Waals surface area contributed by atoms with Crippen molar-refractivity contribution in [2.45, 2.75) is 31.7 Å². The third-order valence-corrected chi connectivity index (χ3v) is 3.89. The summed E-state index contributed by atoms with van der Waals surface area (Å²) in [4.78, 5) is 28.7. The molecular formula is C13H14Cl2N2O3. The second-order valence-electron chi connectivity index (χ2n) is 4.75. The first-order chi connectivity index (χ1) is 9.49. The van der Waals surface area contributed by atoms with Crippen LogP contribution in [0.3, 0.4) is 0 Å². The monoisotopic (exact) mass is 316 g/mol. The van der Waals surface area contributed by atoms with Crippen molar-refractivity contribution in [1.29, 1.82) is 0 Å². The lowest BCUT2D eigenvalue weighted by atomic mass is 10.1. The van der Waals surface area contributed by atoms with Gasteiger partial charge in [0.25, 0.3) is 5.91 Å². The Hall–Kier alpha value is -1.33. The molecule has 1 amide bonds. The maximum atomic E-state index is 12.5. The Balaban J connectivity index is 2.29. The number of aliphatic carboxylic acids is 1. The molecule has 0 atom stereocenters. The van der Waals surface area contributed by atoms with Crippen LogP contribution in [0.25, 0.3) is 0 Å². The molecule has 1 fully saturated rings. The van der Waals surface area contributed by atoms with E-state index in [9.17, 15) is 9.59 Å². The fourth-order valence-corrected chi connectivity index (χ4v) is 2.80. The van der Waals surface area contributed by atoms with Crippen molar-refractivity contribution in [3.63, 3.8) is 0 Å². The lowest BCUT2D eigenvalue weighted by Gasteiger charge is -2.27. The molecule has 7 heteroatoms. The first-order valence-electron chi connectivity index (χ1n) is 6.33. The minimum atomic E-state index is -1.04. The van der Waals surface area contributed by atoms with Crippen LogP contribution < -0.4 is 0 Å². The van der Waals surface area contributed by atoms with Crippen LogP contribution in [0.5, 0.6) is 0 Å². The van der Waals surface area contributed by atoms with Gasteiger partial charge in [0.2, 0.25) is 0 Å². The minimum Gasteiger partial charge on any atom is -0.480 e. The van der Waals surface area contributed by atoms with Crippen LogP contribution in [0.15, 0.2) is 12.3 Å². The molecule has 0 bridgehead atoms. The minimum absolute atomic E-state index is 0.0541. The molecule has 0 radical (unpaired) electrons. The Labute approximate surface area is 126 Å². The summed E-state index contributed by atoms with van der Waals surface area (Å²) < 4.78 is 0. The molecule has 0 aromatic carbocycles. The van der Waals surface area contributed by atoms with E-state index < -0.39 is 11.9 Å². The molecule has 1 saturated carbocycles. The molecule has 1 N–H and O–H groups in total. The number of pyridine rings is 1. The van der Waals surface area contributed by atoms with Crippen molar-refractivity contribution in [3.8, 4) is 0 Å². The Kier molecular flexibility index (Phi) is 4.83. The highest BCUT2D eigenvalue weighted by Gasteiger charge is 2.30. The zero-order chi connectivity index (χ0) is 14.7. The highest BCUT2D eigenvalue weighted by atomic mass is 35.5. The summed E-state index contributed by atoms with van der Waals surface area (Å²) in [5.41, 5.74) is 0.194. The molecule has 20 heavy (non-hydrogen) atoms. The fourth-order valence-electron chi connectivity index (χ4n) is 2.46. The van der Waals surface area contributed by atoms with Crippen LogP contribution in [-0.4, -0.2) is 39.5 Å². The second-order valence-corrected chi connectivity index (χ2v) is 5.55. The highest BCUT2D eigenvalue weighted by Crippen LogP contribution is 2.27. The van der Waals surface area contributed by atoms with Crippen LogP contribution in [0, 0.1) is 0 Å². The number of carbonyl (C=O) groups is 2. The van der Waals surface area contributed by atoms with Gasteiger partial charge >= 0.3 is 5.97 Å². The van der Waals surface area contributed by atoms with Gasteiger partial charge in [-0.15, -0.1) is 0 Å². The zero-order valence-electron chi connectivity index (χ0n) is 10.7. The molecule has 1 aromatic heterocycles. The molecule has 0 spiro atoms. The van der Waals surface area contributed by atoms with Gasteiger partial charge in [-0.3, -0.25) is 9.59 Å². The predicted molar refractivity (Wildman–Crippen MR) is 75.2 cm³/mol. The molecule has 108 valence electrons. The number of hydrogen-bond donors (Lipinski definition) is 1. The first kappa shape index (κ1) is 15.1. The van der Waals surface area contributed by atoms with E-state index in [0.29, 0.717) is 0 Å². The maximum Gasteiger partial charge on any atom is 0.323 e. The SMILES string of the molecule is O=C(O)CN(C(=O)c1cc(Cl)ncc1Cl)C1CCCC1. The van der Waals surface area contributed by atoms with Crippen LogP contribution in [-0.2, 0) is 4.79 Å². The molecule has 0 saturated heterocycles. The number of carboxylic acid groups (broad SMARTS) is 1. The van der Waals surface area contributed by atoms with Gasteiger partial charge in [-0.2, -0.15) is 0 Å². The zero-order valence-corrected chi connectivity index (χ0v) is 12.2. The first-order valence-corrected chi connectivity index (χ1v) is 7.08. The summed E-state index contributed by atoms with van der Waals surface area (Å²) >= 11 is 11.7. The number of aromatic nitrogens is 1. The lowest BCUT2D eigenvalue weighted by molar-refractivity contribution is -0.138. The summed E-state index contributed by atoms with van der Waals surface area (Å²) in [7, 11) is 0. The van der Waals surface area contributed by atoms with Crippen molar-refractivity contribution >= 4 is 35.1 Å². The van der Waals surface area contributed by atoms with Crippen molar-refractivity contribution in [3.05, 3.63) is 28.0 Å².